The summed E-state index contributed by atoms with van der Waals surface area (Å²) in [5.41, 5.74) is 9.89. The Morgan fingerprint density at radius 1 is 0.241 bits per heavy atom. The molecule has 11 rings (SSSR count). The van der Waals surface area contributed by atoms with Crippen LogP contribution >= 0.6 is 0 Å². The molecule has 0 spiro atoms. The van der Waals surface area contributed by atoms with E-state index in [1.165, 1.54) is 16.2 Å². The second-order valence-electron chi connectivity index (χ2n) is 13.8. The maximum absolute atomic E-state index is 6.36. The molecule has 4 nitrogen and oxygen atoms in total. The number of benzene rings is 9. The molecule has 0 saturated heterocycles. The van der Waals surface area contributed by atoms with E-state index in [1.807, 2.05) is 24.3 Å². The molecule has 9 aromatic carbocycles. The van der Waals surface area contributed by atoms with Gasteiger partial charge in [0.25, 0.3) is 0 Å². The summed E-state index contributed by atoms with van der Waals surface area (Å²) < 4.78 is 12.6. The van der Waals surface area contributed by atoms with Gasteiger partial charge in [-0.3, -0.25) is 0 Å². The quantitative estimate of drug-likeness (QED) is 0.162. The molecule has 2 aromatic heterocycles. The van der Waals surface area contributed by atoms with Crippen molar-refractivity contribution < 1.29 is 8.83 Å². The molecular formula is C50H32N2O2. The van der Waals surface area contributed by atoms with Gasteiger partial charge in [-0.25, -0.2) is 0 Å². The molecule has 0 aliphatic rings. The van der Waals surface area contributed by atoms with E-state index in [4.69, 9.17) is 8.83 Å². The Kier molecular flexibility index (Phi) is 6.82. The SMILES string of the molecule is c1ccc(N(c2cccc(N(c3ccccc3)c3ccc4ccc5cc6oc7ccccc7c6cc5c4c3)c2)c2ccc3c(c2)oc2ccccc23)cc1. The van der Waals surface area contributed by atoms with Gasteiger partial charge in [0.2, 0.25) is 0 Å². The lowest BCUT2D eigenvalue weighted by Crippen LogP contribution is -2.13. The number of hydrogen-bond acceptors (Lipinski definition) is 4. The molecule has 0 saturated carbocycles. The number of anilines is 6. The van der Waals surface area contributed by atoms with E-state index < -0.39 is 0 Å². The zero-order chi connectivity index (χ0) is 35.6. The highest BCUT2D eigenvalue weighted by molar-refractivity contribution is 6.17. The van der Waals surface area contributed by atoms with Crippen molar-refractivity contribution >= 4 is 99.5 Å². The molecule has 0 aliphatic heterocycles. The van der Waals surface area contributed by atoms with Crippen LogP contribution in [-0.2, 0) is 0 Å². The minimum Gasteiger partial charge on any atom is -0.456 e. The molecule has 0 radical (unpaired) electrons. The summed E-state index contributed by atoms with van der Waals surface area (Å²) in [7, 11) is 0. The Balaban J connectivity index is 1.09. The highest BCUT2D eigenvalue weighted by Crippen LogP contribution is 2.43. The van der Waals surface area contributed by atoms with E-state index >= 15 is 0 Å². The van der Waals surface area contributed by atoms with Gasteiger partial charge in [-0.2, -0.15) is 0 Å². The lowest BCUT2D eigenvalue weighted by atomic mass is 9.99. The highest BCUT2D eigenvalue weighted by Gasteiger charge is 2.19. The fraction of sp³-hybridized carbons (Fsp3) is 0. The molecule has 0 aliphatic carbocycles. The second-order valence-corrected chi connectivity index (χ2v) is 13.8. The highest BCUT2D eigenvalue weighted by atomic mass is 16.3. The van der Waals surface area contributed by atoms with E-state index in [0.29, 0.717) is 0 Å². The van der Waals surface area contributed by atoms with E-state index in [2.05, 4.69) is 180 Å². The van der Waals surface area contributed by atoms with Crippen molar-refractivity contribution in [3.05, 3.63) is 194 Å². The van der Waals surface area contributed by atoms with Crippen molar-refractivity contribution in [3.63, 3.8) is 0 Å². The van der Waals surface area contributed by atoms with Crippen LogP contribution in [0.25, 0.3) is 65.4 Å². The summed E-state index contributed by atoms with van der Waals surface area (Å²) in [4.78, 5) is 4.65. The van der Waals surface area contributed by atoms with E-state index in [1.54, 1.807) is 0 Å². The molecule has 0 amide bonds. The fourth-order valence-electron chi connectivity index (χ4n) is 8.07. The van der Waals surface area contributed by atoms with Gasteiger partial charge in [0.15, 0.2) is 0 Å². The Labute approximate surface area is 311 Å². The lowest BCUT2D eigenvalue weighted by Gasteiger charge is -2.29. The molecule has 254 valence electrons. The third-order valence-corrected chi connectivity index (χ3v) is 10.6. The predicted octanol–water partition coefficient (Wildman–Crippen LogP) is 14.7. The number of para-hydroxylation sites is 4. The first kappa shape index (κ1) is 30.3. The molecular weight excluding hydrogens is 661 g/mol. The van der Waals surface area contributed by atoms with E-state index in [0.717, 1.165) is 83.4 Å². The van der Waals surface area contributed by atoms with Gasteiger partial charge in [0, 0.05) is 61.7 Å². The summed E-state index contributed by atoms with van der Waals surface area (Å²) in [6.45, 7) is 0. The number of nitrogens with zero attached hydrogens (tertiary/aromatic N) is 2. The number of rotatable bonds is 6. The van der Waals surface area contributed by atoms with Crippen molar-refractivity contribution in [2.45, 2.75) is 0 Å². The minimum absolute atomic E-state index is 0.862. The van der Waals surface area contributed by atoms with Crippen LogP contribution in [0.15, 0.2) is 203 Å². The van der Waals surface area contributed by atoms with E-state index in [9.17, 15) is 0 Å². The monoisotopic (exact) mass is 692 g/mol. The summed E-state index contributed by atoms with van der Waals surface area (Å²) in [5, 5.41) is 9.23. The molecule has 4 heteroatoms. The maximum atomic E-state index is 6.36. The Hall–Kier alpha value is -7.30. The third-order valence-electron chi connectivity index (χ3n) is 10.6. The predicted molar refractivity (Wildman–Crippen MR) is 225 cm³/mol. The van der Waals surface area contributed by atoms with Crippen molar-refractivity contribution in [2.24, 2.45) is 0 Å². The fourth-order valence-corrected chi connectivity index (χ4v) is 8.07. The van der Waals surface area contributed by atoms with Crippen molar-refractivity contribution in [3.8, 4) is 0 Å². The van der Waals surface area contributed by atoms with Crippen LogP contribution in [-0.4, -0.2) is 0 Å². The molecule has 0 unspecified atom stereocenters. The van der Waals surface area contributed by atoms with Crippen LogP contribution < -0.4 is 9.80 Å². The Morgan fingerprint density at radius 2 is 0.704 bits per heavy atom. The zero-order valence-corrected chi connectivity index (χ0v) is 29.2. The van der Waals surface area contributed by atoms with Crippen molar-refractivity contribution in [1.29, 1.82) is 0 Å². The number of fused-ring (bicyclic) bond motifs is 9. The van der Waals surface area contributed by atoms with Gasteiger partial charge >= 0.3 is 0 Å². The molecule has 54 heavy (non-hydrogen) atoms. The van der Waals surface area contributed by atoms with Crippen LogP contribution in [0.4, 0.5) is 34.1 Å². The summed E-state index contributed by atoms with van der Waals surface area (Å²) in [5.74, 6) is 0. The molecule has 0 atom stereocenters. The minimum atomic E-state index is 0.862. The molecule has 0 N–H and O–H groups in total. The van der Waals surface area contributed by atoms with Crippen LogP contribution in [0, 0.1) is 0 Å². The number of furan rings is 2. The normalized spacial score (nSPS) is 11.7. The molecule has 11 aromatic rings. The maximum Gasteiger partial charge on any atom is 0.137 e. The molecule has 0 bridgehead atoms. The van der Waals surface area contributed by atoms with Gasteiger partial charge < -0.3 is 18.6 Å². The third kappa shape index (κ3) is 4.92. The van der Waals surface area contributed by atoms with E-state index in [-0.39, 0.29) is 0 Å². The van der Waals surface area contributed by atoms with Crippen molar-refractivity contribution in [1.82, 2.24) is 0 Å². The van der Waals surface area contributed by atoms with Crippen molar-refractivity contribution in [2.75, 3.05) is 9.80 Å². The number of hydrogen-bond donors (Lipinski definition) is 0. The average Bonchev–Trinajstić information content (AvgIpc) is 3.79. The largest absolute Gasteiger partial charge is 0.456 e. The van der Waals surface area contributed by atoms with Gasteiger partial charge in [-0.15, -0.1) is 0 Å². The summed E-state index contributed by atoms with van der Waals surface area (Å²) in [6, 6.07) is 68.6. The smallest absolute Gasteiger partial charge is 0.137 e. The van der Waals surface area contributed by atoms with Crippen LogP contribution in [0.5, 0.6) is 0 Å². The Morgan fingerprint density at radius 3 is 1.39 bits per heavy atom. The first-order valence-electron chi connectivity index (χ1n) is 18.2. The first-order valence-corrected chi connectivity index (χ1v) is 18.2. The molecule has 0 fully saturated rings. The van der Waals surface area contributed by atoms with Gasteiger partial charge in [-0.05, 0) is 113 Å². The van der Waals surface area contributed by atoms with Crippen LogP contribution in [0.1, 0.15) is 0 Å². The standard InChI is InChI=1S/C50H32N2O2/c1-3-12-35(13-4-1)51(39-25-24-33-22-23-34-28-49-46(32-45(34)44(33)30-39)42-19-8-10-21-48(42)53-49)37-16-11-17-38(29-37)52(36-14-5-2-6-15-36)40-26-27-43-41-18-7-9-20-47(41)54-50(43)31-40/h1-32H. The second kappa shape index (κ2) is 12.1. The molecule has 2 heterocycles. The topological polar surface area (TPSA) is 32.8 Å². The van der Waals surface area contributed by atoms with Gasteiger partial charge in [0.1, 0.15) is 22.3 Å². The Bertz CT molecular complexity index is 3180. The first-order chi connectivity index (χ1) is 26.7. The summed E-state index contributed by atoms with van der Waals surface area (Å²) >= 11 is 0. The van der Waals surface area contributed by atoms with Crippen LogP contribution in [0.3, 0.4) is 0 Å². The van der Waals surface area contributed by atoms with Crippen LogP contribution in [0.2, 0.25) is 0 Å². The average molecular weight is 693 g/mol. The van der Waals surface area contributed by atoms with Gasteiger partial charge in [-0.1, -0.05) is 97.1 Å². The summed E-state index contributed by atoms with van der Waals surface area (Å²) in [6.07, 6.45) is 0. The van der Waals surface area contributed by atoms with Gasteiger partial charge in [0.05, 0.1) is 0 Å². The lowest BCUT2D eigenvalue weighted by molar-refractivity contribution is 0.669. The zero-order valence-electron chi connectivity index (χ0n) is 29.2.